The number of pyridine rings is 1. The lowest BCUT2D eigenvalue weighted by Gasteiger charge is -2.24. The number of hydrogen-bond donors (Lipinski definition) is 2. The molecule has 0 saturated carbocycles. The number of carboxylic acids is 1. The average Bonchev–Trinajstić information content (AvgIpc) is 3.50. The van der Waals surface area contributed by atoms with Crippen LogP contribution in [0.5, 0.6) is 0 Å². The Bertz CT molecular complexity index is 1580. The molecule has 2 aromatic carbocycles. The van der Waals surface area contributed by atoms with Crippen LogP contribution in [0.15, 0.2) is 66.1 Å². The predicted molar refractivity (Wildman–Crippen MR) is 138 cm³/mol. The summed E-state index contributed by atoms with van der Waals surface area (Å²) in [5.41, 5.74) is 1.25. The number of carboxylic acid groups (broad SMARTS) is 1. The van der Waals surface area contributed by atoms with Crippen molar-refractivity contribution in [1.29, 1.82) is 0 Å². The monoisotopic (exact) mass is 545 g/mol. The molecule has 2 aromatic heterocycles. The van der Waals surface area contributed by atoms with E-state index in [2.05, 4.69) is 9.71 Å². The van der Waals surface area contributed by atoms with Crippen molar-refractivity contribution in [2.24, 2.45) is 0 Å². The Hall–Kier alpha value is -3.18. The number of sulfonamides is 1. The van der Waals surface area contributed by atoms with E-state index in [1.165, 1.54) is 18.2 Å². The van der Waals surface area contributed by atoms with Crippen LogP contribution in [0.2, 0.25) is 10.0 Å². The number of carbonyl (C=O) groups is 1. The first kappa shape index (κ1) is 24.5. The summed E-state index contributed by atoms with van der Waals surface area (Å²) in [6, 6.07) is 10.3. The van der Waals surface area contributed by atoms with E-state index in [0.717, 1.165) is 17.1 Å². The average molecular weight is 546 g/mol. The van der Waals surface area contributed by atoms with E-state index in [4.69, 9.17) is 28.2 Å². The quantitative estimate of drug-likeness (QED) is 0.369. The molecule has 0 spiro atoms. The van der Waals surface area contributed by atoms with Gasteiger partial charge in [-0.3, -0.25) is 0 Å². The van der Waals surface area contributed by atoms with Gasteiger partial charge in [-0.15, -0.1) is 0 Å². The van der Waals surface area contributed by atoms with Gasteiger partial charge in [0.2, 0.25) is 10.0 Å². The van der Waals surface area contributed by atoms with Gasteiger partial charge >= 0.3 is 5.97 Å². The van der Waals surface area contributed by atoms with Gasteiger partial charge in [0, 0.05) is 42.5 Å². The maximum absolute atomic E-state index is 13.0. The van der Waals surface area contributed by atoms with Gasteiger partial charge in [0.25, 0.3) is 0 Å². The maximum atomic E-state index is 13.0. The number of benzene rings is 2. The summed E-state index contributed by atoms with van der Waals surface area (Å²) in [5.74, 6) is -0.569. The van der Waals surface area contributed by atoms with Crippen molar-refractivity contribution in [2.45, 2.75) is 30.3 Å². The topological polar surface area (TPSA) is 117 Å². The molecule has 9 nitrogen and oxygen atoms in total. The highest BCUT2D eigenvalue weighted by atomic mass is 35.5. The minimum Gasteiger partial charge on any atom is -0.478 e. The molecule has 0 amide bonds. The van der Waals surface area contributed by atoms with Crippen molar-refractivity contribution in [3.63, 3.8) is 0 Å². The third-order valence-electron chi connectivity index (χ3n) is 6.20. The van der Waals surface area contributed by atoms with Gasteiger partial charge in [-0.1, -0.05) is 29.3 Å². The lowest BCUT2D eigenvalue weighted by atomic mass is 10.1. The summed E-state index contributed by atoms with van der Waals surface area (Å²) in [7, 11) is -3.93. The zero-order chi connectivity index (χ0) is 25.6. The molecular formula is C24H21Cl2N5O4S. The number of halogens is 2. The number of rotatable bonds is 6. The van der Waals surface area contributed by atoms with E-state index in [0.29, 0.717) is 34.3 Å². The van der Waals surface area contributed by atoms with Crippen LogP contribution in [-0.4, -0.2) is 52.7 Å². The van der Waals surface area contributed by atoms with Crippen molar-refractivity contribution in [2.75, 3.05) is 11.4 Å². The Kier molecular flexibility index (Phi) is 6.37. The molecule has 12 heteroatoms. The molecule has 0 unspecified atom stereocenters. The number of aromatic nitrogens is 3. The molecule has 0 aliphatic carbocycles. The van der Waals surface area contributed by atoms with Crippen LogP contribution < -0.4 is 9.62 Å². The SMILES string of the molecule is C[C@@H]1C[C@@H](NS(=O)(=O)c2cccc(C(=O)O)c2)CN1c1cc(-n2ccnc2)c2ccc(Cl)c(Cl)c2n1. The fraction of sp³-hybridized carbons (Fsp3) is 0.208. The minimum absolute atomic E-state index is 0.0402. The fourth-order valence-corrected chi connectivity index (χ4v) is 6.13. The lowest BCUT2D eigenvalue weighted by Crippen LogP contribution is -2.37. The zero-order valence-electron chi connectivity index (χ0n) is 19.0. The molecular weight excluding hydrogens is 525 g/mol. The van der Waals surface area contributed by atoms with Crippen molar-refractivity contribution in [3.8, 4) is 5.69 Å². The second-order valence-electron chi connectivity index (χ2n) is 8.62. The second-order valence-corrected chi connectivity index (χ2v) is 11.1. The van der Waals surface area contributed by atoms with Crippen LogP contribution in [0.1, 0.15) is 23.7 Å². The van der Waals surface area contributed by atoms with E-state index in [-0.39, 0.29) is 16.5 Å². The van der Waals surface area contributed by atoms with Gasteiger partial charge < -0.3 is 14.6 Å². The molecule has 4 aromatic rings. The summed E-state index contributed by atoms with van der Waals surface area (Å²) in [6.45, 7) is 2.35. The van der Waals surface area contributed by atoms with Crippen LogP contribution in [0.3, 0.4) is 0 Å². The predicted octanol–water partition coefficient (Wildman–Crippen LogP) is 4.37. The van der Waals surface area contributed by atoms with Crippen molar-refractivity contribution in [3.05, 3.63) is 76.8 Å². The molecule has 0 bridgehead atoms. The van der Waals surface area contributed by atoms with Crippen LogP contribution in [0.25, 0.3) is 16.6 Å². The smallest absolute Gasteiger partial charge is 0.335 e. The van der Waals surface area contributed by atoms with Crippen LogP contribution >= 0.6 is 23.2 Å². The highest BCUT2D eigenvalue weighted by Gasteiger charge is 2.34. The standard InChI is InChI=1S/C24H21Cl2N5O4S/c1-14-9-16(29-36(34,35)17-4-2-3-15(10-17)24(32)33)12-31(14)21-11-20(30-8-7-27-13-30)18-5-6-19(25)22(26)23(18)28-21/h2-8,10-11,13-14,16,29H,9,12H2,1H3,(H,32,33)/t14-,16-/m1/s1. The second kappa shape index (κ2) is 9.36. The summed E-state index contributed by atoms with van der Waals surface area (Å²) < 4.78 is 30.6. The Balaban J connectivity index is 1.48. The van der Waals surface area contributed by atoms with Gasteiger partial charge in [-0.2, -0.15) is 0 Å². The molecule has 3 heterocycles. The number of anilines is 1. The number of nitrogens with one attached hydrogen (secondary N) is 1. The highest BCUT2D eigenvalue weighted by molar-refractivity contribution is 7.89. The number of aromatic carboxylic acids is 1. The van der Waals surface area contributed by atoms with Crippen molar-refractivity contribution in [1.82, 2.24) is 19.3 Å². The molecule has 36 heavy (non-hydrogen) atoms. The van der Waals surface area contributed by atoms with E-state index >= 15 is 0 Å². The van der Waals surface area contributed by atoms with E-state index < -0.39 is 22.0 Å². The highest BCUT2D eigenvalue weighted by Crippen LogP contribution is 2.36. The van der Waals surface area contributed by atoms with Gasteiger partial charge in [0.1, 0.15) is 5.82 Å². The molecule has 2 atom stereocenters. The van der Waals surface area contributed by atoms with E-state index in [1.807, 2.05) is 34.7 Å². The third kappa shape index (κ3) is 4.53. The molecule has 1 aliphatic rings. The van der Waals surface area contributed by atoms with Gasteiger partial charge in [0.15, 0.2) is 0 Å². The molecule has 1 saturated heterocycles. The third-order valence-corrected chi connectivity index (χ3v) is 8.51. The maximum Gasteiger partial charge on any atom is 0.335 e. The van der Waals surface area contributed by atoms with E-state index in [9.17, 15) is 18.3 Å². The first-order valence-corrected chi connectivity index (χ1v) is 13.3. The first-order valence-electron chi connectivity index (χ1n) is 11.0. The number of hydrogen-bond acceptors (Lipinski definition) is 6. The zero-order valence-corrected chi connectivity index (χ0v) is 21.3. The molecule has 0 radical (unpaired) electrons. The van der Waals surface area contributed by atoms with Gasteiger partial charge in [-0.25, -0.2) is 27.9 Å². The molecule has 2 N–H and O–H groups in total. The largest absolute Gasteiger partial charge is 0.478 e. The van der Waals surface area contributed by atoms with Crippen LogP contribution in [0.4, 0.5) is 5.82 Å². The van der Waals surface area contributed by atoms with Crippen molar-refractivity contribution >= 4 is 55.9 Å². The Morgan fingerprint density at radius 1 is 1.19 bits per heavy atom. The van der Waals surface area contributed by atoms with Crippen LogP contribution in [0, 0.1) is 0 Å². The molecule has 1 fully saturated rings. The summed E-state index contributed by atoms with van der Waals surface area (Å²) in [5, 5.41) is 10.7. The van der Waals surface area contributed by atoms with Gasteiger partial charge in [-0.05, 0) is 43.7 Å². The Morgan fingerprint density at radius 2 is 2.00 bits per heavy atom. The minimum atomic E-state index is -3.93. The van der Waals surface area contributed by atoms with Crippen LogP contribution in [-0.2, 0) is 10.0 Å². The first-order chi connectivity index (χ1) is 17.1. The normalized spacial score (nSPS) is 18.1. The lowest BCUT2D eigenvalue weighted by molar-refractivity contribution is 0.0696. The van der Waals surface area contributed by atoms with Crippen molar-refractivity contribution < 1.29 is 18.3 Å². The number of fused-ring (bicyclic) bond motifs is 1. The summed E-state index contributed by atoms with van der Waals surface area (Å²) >= 11 is 12.8. The number of nitrogens with zero attached hydrogens (tertiary/aromatic N) is 4. The number of imidazole rings is 1. The van der Waals surface area contributed by atoms with Gasteiger partial charge in [0.05, 0.1) is 38.0 Å². The molecule has 5 rings (SSSR count). The Labute approximate surface area is 217 Å². The molecule has 1 aliphatic heterocycles. The molecule has 186 valence electrons. The fourth-order valence-electron chi connectivity index (χ4n) is 4.48. The Morgan fingerprint density at radius 3 is 2.72 bits per heavy atom. The summed E-state index contributed by atoms with van der Waals surface area (Å²) in [6.07, 6.45) is 5.70. The summed E-state index contributed by atoms with van der Waals surface area (Å²) in [4.78, 5) is 22.1. The van der Waals surface area contributed by atoms with E-state index in [1.54, 1.807) is 18.6 Å².